The molecule has 5 nitrogen and oxygen atoms in total. The number of nitro benzene ring substituents is 1. The van der Waals surface area contributed by atoms with Gasteiger partial charge in [0, 0.05) is 38.3 Å². The predicted octanol–water partition coefficient (Wildman–Crippen LogP) is 1.88. The van der Waals surface area contributed by atoms with E-state index in [2.05, 4.69) is 9.80 Å². The molecule has 1 saturated heterocycles. The van der Waals surface area contributed by atoms with E-state index in [0.717, 1.165) is 37.9 Å². The molecular formula is C13H17N3O2. The SMILES string of the molecule is O=[N+]([O-])c1ccccc1N1CCN(C2CC2)CC1. The first kappa shape index (κ1) is 11.5. The number of nitrogens with zero attached hydrogens (tertiary/aromatic N) is 3. The summed E-state index contributed by atoms with van der Waals surface area (Å²) in [6.07, 6.45) is 2.65. The number of nitro groups is 1. The number of para-hydroxylation sites is 2. The molecule has 1 heterocycles. The van der Waals surface area contributed by atoms with Crippen LogP contribution in [0.1, 0.15) is 12.8 Å². The highest BCUT2D eigenvalue weighted by atomic mass is 16.6. The number of rotatable bonds is 3. The van der Waals surface area contributed by atoms with Gasteiger partial charge in [-0.1, -0.05) is 12.1 Å². The molecule has 1 aliphatic heterocycles. The molecule has 0 bridgehead atoms. The van der Waals surface area contributed by atoms with E-state index >= 15 is 0 Å². The third kappa shape index (κ3) is 2.18. The minimum absolute atomic E-state index is 0.220. The Bertz CT molecular complexity index is 451. The topological polar surface area (TPSA) is 49.6 Å². The first-order valence-electron chi connectivity index (χ1n) is 6.48. The zero-order valence-corrected chi connectivity index (χ0v) is 10.3. The Balaban J connectivity index is 1.73. The van der Waals surface area contributed by atoms with Crippen molar-refractivity contribution in [2.45, 2.75) is 18.9 Å². The molecule has 1 aliphatic carbocycles. The first-order valence-corrected chi connectivity index (χ1v) is 6.48. The summed E-state index contributed by atoms with van der Waals surface area (Å²) in [6.45, 7) is 3.83. The lowest BCUT2D eigenvalue weighted by Gasteiger charge is -2.35. The minimum Gasteiger partial charge on any atom is -0.363 e. The van der Waals surface area contributed by atoms with Gasteiger partial charge in [0.05, 0.1) is 4.92 Å². The molecule has 0 atom stereocenters. The highest BCUT2D eigenvalue weighted by molar-refractivity contribution is 5.63. The summed E-state index contributed by atoms with van der Waals surface area (Å²) in [5.74, 6) is 0. The van der Waals surface area contributed by atoms with Crippen molar-refractivity contribution in [3.05, 3.63) is 34.4 Å². The Hall–Kier alpha value is -1.62. The summed E-state index contributed by atoms with van der Waals surface area (Å²) in [6, 6.07) is 7.82. The van der Waals surface area contributed by atoms with Gasteiger partial charge in [0.25, 0.3) is 5.69 Å². The quantitative estimate of drug-likeness (QED) is 0.604. The monoisotopic (exact) mass is 247 g/mol. The number of anilines is 1. The summed E-state index contributed by atoms with van der Waals surface area (Å²) in [5.41, 5.74) is 0.982. The van der Waals surface area contributed by atoms with Crippen molar-refractivity contribution in [3.8, 4) is 0 Å². The van der Waals surface area contributed by atoms with Crippen molar-refractivity contribution in [1.82, 2.24) is 4.90 Å². The van der Waals surface area contributed by atoms with E-state index in [1.807, 2.05) is 12.1 Å². The van der Waals surface area contributed by atoms with E-state index in [1.165, 1.54) is 12.8 Å². The highest BCUT2D eigenvalue weighted by Crippen LogP contribution is 2.31. The van der Waals surface area contributed by atoms with E-state index in [4.69, 9.17) is 0 Å². The number of benzene rings is 1. The van der Waals surface area contributed by atoms with Crippen LogP contribution in [0.4, 0.5) is 11.4 Å². The van der Waals surface area contributed by atoms with Gasteiger partial charge in [-0.2, -0.15) is 0 Å². The van der Waals surface area contributed by atoms with Crippen LogP contribution in [0.15, 0.2) is 24.3 Å². The Morgan fingerprint density at radius 2 is 1.78 bits per heavy atom. The second-order valence-corrected chi connectivity index (χ2v) is 5.00. The average molecular weight is 247 g/mol. The molecule has 5 heteroatoms. The molecule has 1 aromatic rings. The van der Waals surface area contributed by atoms with E-state index in [9.17, 15) is 10.1 Å². The molecule has 0 spiro atoms. The number of piperazine rings is 1. The predicted molar refractivity (Wildman–Crippen MR) is 69.9 cm³/mol. The summed E-state index contributed by atoms with van der Waals surface area (Å²) >= 11 is 0. The van der Waals surface area contributed by atoms with E-state index in [0.29, 0.717) is 0 Å². The molecule has 0 aromatic heterocycles. The molecule has 0 N–H and O–H groups in total. The Labute approximate surface area is 106 Å². The molecule has 2 aliphatic rings. The van der Waals surface area contributed by atoms with Crippen molar-refractivity contribution >= 4 is 11.4 Å². The van der Waals surface area contributed by atoms with Gasteiger partial charge in [-0.3, -0.25) is 15.0 Å². The smallest absolute Gasteiger partial charge is 0.292 e. The third-order valence-corrected chi connectivity index (χ3v) is 3.80. The molecule has 0 amide bonds. The Morgan fingerprint density at radius 3 is 2.39 bits per heavy atom. The lowest BCUT2D eigenvalue weighted by atomic mass is 10.2. The largest absolute Gasteiger partial charge is 0.363 e. The van der Waals surface area contributed by atoms with E-state index in [1.54, 1.807) is 12.1 Å². The van der Waals surface area contributed by atoms with Crippen molar-refractivity contribution in [3.63, 3.8) is 0 Å². The standard InChI is InChI=1S/C13H17N3O2/c17-16(18)13-4-2-1-3-12(13)15-9-7-14(8-10-15)11-5-6-11/h1-4,11H,5-10H2. The maximum atomic E-state index is 11.0. The second kappa shape index (κ2) is 4.57. The van der Waals surface area contributed by atoms with Crippen LogP contribution in [0.5, 0.6) is 0 Å². The Kier molecular flexibility index (Phi) is 2.91. The van der Waals surface area contributed by atoms with E-state index < -0.39 is 0 Å². The fourth-order valence-electron chi connectivity index (χ4n) is 2.65. The molecular weight excluding hydrogens is 230 g/mol. The number of hydrogen-bond acceptors (Lipinski definition) is 4. The van der Waals surface area contributed by atoms with Crippen LogP contribution in [-0.4, -0.2) is 42.0 Å². The molecule has 0 unspecified atom stereocenters. The lowest BCUT2D eigenvalue weighted by Crippen LogP contribution is -2.47. The summed E-state index contributed by atoms with van der Waals surface area (Å²) in [7, 11) is 0. The van der Waals surface area contributed by atoms with Gasteiger partial charge < -0.3 is 4.90 Å². The van der Waals surface area contributed by atoms with Crippen molar-refractivity contribution in [2.75, 3.05) is 31.1 Å². The van der Waals surface area contributed by atoms with Crippen LogP contribution >= 0.6 is 0 Å². The summed E-state index contributed by atoms with van der Waals surface area (Å²) < 4.78 is 0. The van der Waals surface area contributed by atoms with Crippen LogP contribution in [0.3, 0.4) is 0 Å². The van der Waals surface area contributed by atoms with Crippen LogP contribution in [-0.2, 0) is 0 Å². The number of hydrogen-bond donors (Lipinski definition) is 0. The maximum Gasteiger partial charge on any atom is 0.292 e. The average Bonchev–Trinajstić information content (AvgIpc) is 3.23. The molecule has 1 saturated carbocycles. The third-order valence-electron chi connectivity index (χ3n) is 3.80. The van der Waals surface area contributed by atoms with Crippen molar-refractivity contribution in [2.24, 2.45) is 0 Å². The maximum absolute atomic E-state index is 11.0. The van der Waals surface area contributed by atoms with Gasteiger partial charge in [-0.05, 0) is 18.9 Å². The molecule has 3 rings (SSSR count). The molecule has 96 valence electrons. The minimum atomic E-state index is -0.289. The van der Waals surface area contributed by atoms with Gasteiger partial charge in [0.15, 0.2) is 0 Å². The summed E-state index contributed by atoms with van der Waals surface area (Å²) in [4.78, 5) is 15.4. The molecule has 1 aromatic carbocycles. The van der Waals surface area contributed by atoms with Gasteiger partial charge in [-0.15, -0.1) is 0 Å². The normalized spacial score (nSPS) is 21.0. The zero-order chi connectivity index (χ0) is 12.5. The van der Waals surface area contributed by atoms with Crippen LogP contribution in [0.2, 0.25) is 0 Å². The van der Waals surface area contributed by atoms with Gasteiger partial charge in [0.2, 0.25) is 0 Å². The van der Waals surface area contributed by atoms with Gasteiger partial charge >= 0.3 is 0 Å². The second-order valence-electron chi connectivity index (χ2n) is 5.00. The highest BCUT2D eigenvalue weighted by Gasteiger charge is 2.32. The van der Waals surface area contributed by atoms with Crippen LogP contribution in [0.25, 0.3) is 0 Å². The van der Waals surface area contributed by atoms with Crippen LogP contribution < -0.4 is 4.90 Å². The van der Waals surface area contributed by atoms with Gasteiger partial charge in [-0.25, -0.2) is 0 Å². The fourth-order valence-corrected chi connectivity index (χ4v) is 2.65. The lowest BCUT2D eigenvalue weighted by molar-refractivity contribution is -0.384. The van der Waals surface area contributed by atoms with Gasteiger partial charge in [0.1, 0.15) is 5.69 Å². The summed E-state index contributed by atoms with van der Waals surface area (Å²) in [5, 5.41) is 11.0. The van der Waals surface area contributed by atoms with E-state index in [-0.39, 0.29) is 10.6 Å². The fraction of sp³-hybridized carbons (Fsp3) is 0.538. The molecule has 18 heavy (non-hydrogen) atoms. The molecule has 2 fully saturated rings. The van der Waals surface area contributed by atoms with Crippen LogP contribution in [0, 0.1) is 10.1 Å². The Morgan fingerprint density at radius 1 is 1.11 bits per heavy atom. The first-order chi connectivity index (χ1) is 8.75. The van der Waals surface area contributed by atoms with Crippen molar-refractivity contribution < 1.29 is 4.92 Å². The van der Waals surface area contributed by atoms with Crippen molar-refractivity contribution in [1.29, 1.82) is 0 Å². The molecule has 0 radical (unpaired) electrons. The zero-order valence-electron chi connectivity index (χ0n) is 10.3.